The molecule has 1 aliphatic carbocycles. The SMILES string of the molecule is CC(C)(C)N(C(=O)O)[C@H]1CC[C@H](C(N)=O)CC1. The van der Waals surface area contributed by atoms with E-state index in [9.17, 15) is 14.7 Å². The summed E-state index contributed by atoms with van der Waals surface area (Å²) in [5, 5.41) is 9.27. The summed E-state index contributed by atoms with van der Waals surface area (Å²) < 4.78 is 0. The summed E-state index contributed by atoms with van der Waals surface area (Å²) in [6, 6.07) is 0.00287. The Morgan fingerprint density at radius 2 is 1.65 bits per heavy atom. The molecule has 0 aromatic rings. The molecule has 98 valence electrons. The summed E-state index contributed by atoms with van der Waals surface area (Å²) >= 11 is 0. The molecule has 1 fully saturated rings. The van der Waals surface area contributed by atoms with Gasteiger partial charge in [-0.25, -0.2) is 4.79 Å². The Labute approximate surface area is 102 Å². The number of rotatable bonds is 2. The number of carboxylic acid groups (broad SMARTS) is 1. The molecular weight excluding hydrogens is 220 g/mol. The number of carbonyl (C=O) groups excluding carboxylic acids is 1. The van der Waals surface area contributed by atoms with Crippen LogP contribution >= 0.6 is 0 Å². The molecule has 2 amide bonds. The van der Waals surface area contributed by atoms with Crippen LogP contribution in [0.5, 0.6) is 0 Å². The minimum Gasteiger partial charge on any atom is -0.465 e. The summed E-state index contributed by atoms with van der Waals surface area (Å²) in [5.74, 6) is -0.344. The quantitative estimate of drug-likeness (QED) is 0.774. The maximum Gasteiger partial charge on any atom is 0.407 e. The van der Waals surface area contributed by atoms with Crippen LogP contribution in [0.1, 0.15) is 46.5 Å². The summed E-state index contributed by atoms with van der Waals surface area (Å²) in [7, 11) is 0. The van der Waals surface area contributed by atoms with Gasteiger partial charge >= 0.3 is 6.09 Å². The molecule has 0 saturated heterocycles. The van der Waals surface area contributed by atoms with Crippen molar-refractivity contribution in [2.45, 2.75) is 58.0 Å². The minimum absolute atomic E-state index is 0.00287. The van der Waals surface area contributed by atoms with Crippen LogP contribution in [-0.4, -0.2) is 33.6 Å². The Morgan fingerprint density at radius 3 is 1.94 bits per heavy atom. The Bertz CT molecular complexity index is 301. The second kappa shape index (κ2) is 4.94. The van der Waals surface area contributed by atoms with Gasteiger partial charge in [-0.3, -0.25) is 4.79 Å². The van der Waals surface area contributed by atoms with E-state index >= 15 is 0 Å². The zero-order valence-corrected chi connectivity index (χ0v) is 10.8. The average molecular weight is 242 g/mol. The third kappa shape index (κ3) is 3.35. The van der Waals surface area contributed by atoms with Gasteiger partial charge in [0.15, 0.2) is 0 Å². The maximum atomic E-state index is 11.3. The van der Waals surface area contributed by atoms with Gasteiger partial charge in [-0.15, -0.1) is 0 Å². The molecule has 0 spiro atoms. The highest BCUT2D eigenvalue weighted by Gasteiger charge is 2.36. The van der Waals surface area contributed by atoms with E-state index in [1.54, 1.807) is 0 Å². The average Bonchev–Trinajstić information content (AvgIpc) is 2.15. The van der Waals surface area contributed by atoms with E-state index in [4.69, 9.17) is 5.73 Å². The number of hydrogen-bond acceptors (Lipinski definition) is 2. The Kier molecular flexibility index (Phi) is 4.01. The first-order chi connectivity index (χ1) is 7.73. The van der Waals surface area contributed by atoms with Gasteiger partial charge in [0, 0.05) is 17.5 Å². The van der Waals surface area contributed by atoms with Crippen LogP contribution in [0.2, 0.25) is 0 Å². The minimum atomic E-state index is -0.889. The lowest BCUT2D eigenvalue weighted by Gasteiger charge is -2.42. The first-order valence-electron chi connectivity index (χ1n) is 6.05. The lowest BCUT2D eigenvalue weighted by Crippen LogP contribution is -2.52. The highest BCUT2D eigenvalue weighted by molar-refractivity contribution is 5.76. The van der Waals surface area contributed by atoms with E-state index in [0.29, 0.717) is 12.8 Å². The molecule has 1 saturated carbocycles. The largest absolute Gasteiger partial charge is 0.465 e. The van der Waals surface area contributed by atoms with Crippen molar-refractivity contribution in [1.29, 1.82) is 0 Å². The highest BCUT2D eigenvalue weighted by atomic mass is 16.4. The standard InChI is InChI=1S/C12H22N2O3/c1-12(2,3)14(11(16)17)9-6-4-8(5-7-9)10(13)15/h8-9H,4-7H2,1-3H3,(H2,13,15)(H,16,17)/t8-,9-. The third-order valence-corrected chi connectivity index (χ3v) is 3.39. The molecule has 0 bridgehead atoms. The predicted molar refractivity (Wildman–Crippen MR) is 64.6 cm³/mol. The van der Waals surface area contributed by atoms with Gasteiger partial charge in [0.05, 0.1) is 0 Å². The zero-order valence-electron chi connectivity index (χ0n) is 10.8. The van der Waals surface area contributed by atoms with Gasteiger partial charge in [0.2, 0.25) is 5.91 Å². The first-order valence-corrected chi connectivity index (χ1v) is 6.05. The molecule has 0 heterocycles. The fourth-order valence-electron chi connectivity index (χ4n) is 2.61. The second-order valence-corrected chi connectivity index (χ2v) is 5.73. The molecule has 0 aliphatic heterocycles. The second-order valence-electron chi connectivity index (χ2n) is 5.73. The molecule has 5 heteroatoms. The number of carbonyl (C=O) groups is 2. The van der Waals surface area contributed by atoms with Gasteiger partial charge in [-0.1, -0.05) is 0 Å². The molecule has 1 aliphatic rings. The monoisotopic (exact) mass is 242 g/mol. The molecule has 5 nitrogen and oxygen atoms in total. The van der Waals surface area contributed by atoms with E-state index in [2.05, 4.69) is 0 Å². The van der Waals surface area contributed by atoms with E-state index < -0.39 is 11.6 Å². The van der Waals surface area contributed by atoms with Gasteiger partial charge in [0.25, 0.3) is 0 Å². The van der Waals surface area contributed by atoms with Crippen molar-refractivity contribution in [2.24, 2.45) is 11.7 Å². The fourth-order valence-corrected chi connectivity index (χ4v) is 2.61. The third-order valence-electron chi connectivity index (χ3n) is 3.39. The fraction of sp³-hybridized carbons (Fsp3) is 0.833. The molecule has 0 atom stereocenters. The van der Waals surface area contributed by atoms with Gasteiger partial charge in [0.1, 0.15) is 0 Å². The van der Waals surface area contributed by atoms with Crippen molar-refractivity contribution in [3.05, 3.63) is 0 Å². The zero-order chi connectivity index (χ0) is 13.2. The number of nitrogens with zero attached hydrogens (tertiary/aromatic N) is 1. The van der Waals surface area contributed by atoms with E-state index in [0.717, 1.165) is 12.8 Å². The molecule has 1 rings (SSSR count). The van der Waals surface area contributed by atoms with Crippen LogP contribution in [0.3, 0.4) is 0 Å². The molecule has 0 unspecified atom stereocenters. The highest BCUT2D eigenvalue weighted by Crippen LogP contribution is 2.31. The number of primary amides is 1. The normalized spacial score (nSPS) is 25.4. The van der Waals surface area contributed by atoms with Crippen LogP contribution in [-0.2, 0) is 4.79 Å². The van der Waals surface area contributed by atoms with Crippen molar-refractivity contribution in [2.75, 3.05) is 0 Å². The number of amides is 2. The first kappa shape index (κ1) is 13.8. The van der Waals surface area contributed by atoms with Crippen LogP contribution in [0.25, 0.3) is 0 Å². The summed E-state index contributed by atoms with van der Waals surface area (Å²) in [6.07, 6.45) is 1.94. The van der Waals surface area contributed by atoms with E-state index in [1.165, 1.54) is 4.90 Å². The number of nitrogens with two attached hydrogens (primary N) is 1. The van der Waals surface area contributed by atoms with Gasteiger partial charge in [-0.05, 0) is 46.5 Å². The van der Waals surface area contributed by atoms with Gasteiger partial charge in [-0.2, -0.15) is 0 Å². The van der Waals surface area contributed by atoms with E-state index in [1.807, 2.05) is 20.8 Å². The summed E-state index contributed by atoms with van der Waals surface area (Å²) in [5.41, 5.74) is 4.86. The summed E-state index contributed by atoms with van der Waals surface area (Å²) in [4.78, 5) is 23.9. The Morgan fingerprint density at radius 1 is 1.18 bits per heavy atom. The van der Waals surface area contributed by atoms with Crippen molar-refractivity contribution in [1.82, 2.24) is 4.90 Å². The lowest BCUT2D eigenvalue weighted by molar-refractivity contribution is -0.123. The Hall–Kier alpha value is -1.26. The van der Waals surface area contributed by atoms with Crippen molar-refractivity contribution in [3.63, 3.8) is 0 Å². The van der Waals surface area contributed by atoms with Crippen LogP contribution in [0, 0.1) is 5.92 Å². The summed E-state index contributed by atoms with van der Waals surface area (Å²) in [6.45, 7) is 5.67. The number of hydrogen-bond donors (Lipinski definition) is 2. The molecular formula is C12H22N2O3. The molecule has 17 heavy (non-hydrogen) atoms. The van der Waals surface area contributed by atoms with Crippen molar-refractivity contribution < 1.29 is 14.7 Å². The molecule has 0 aromatic carbocycles. The van der Waals surface area contributed by atoms with Crippen LogP contribution in [0.15, 0.2) is 0 Å². The van der Waals surface area contributed by atoms with Gasteiger partial charge < -0.3 is 15.7 Å². The van der Waals surface area contributed by atoms with Crippen molar-refractivity contribution in [3.8, 4) is 0 Å². The smallest absolute Gasteiger partial charge is 0.407 e. The van der Waals surface area contributed by atoms with Crippen LogP contribution in [0.4, 0.5) is 4.79 Å². The molecule has 0 aromatic heterocycles. The lowest BCUT2D eigenvalue weighted by atomic mass is 9.83. The topological polar surface area (TPSA) is 83.6 Å². The maximum absolute atomic E-state index is 11.3. The molecule has 0 radical (unpaired) electrons. The predicted octanol–water partition coefficient (Wildman–Crippen LogP) is 1.81. The Balaban J connectivity index is 2.68. The molecule has 3 N–H and O–H groups in total. The van der Waals surface area contributed by atoms with Crippen LogP contribution < -0.4 is 5.73 Å². The van der Waals surface area contributed by atoms with E-state index in [-0.39, 0.29) is 17.9 Å². The van der Waals surface area contributed by atoms with Crippen molar-refractivity contribution >= 4 is 12.0 Å².